The number of nitrogens with zero attached hydrogens (tertiary/aromatic N) is 4. The molecule has 5 aromatic rings. The lowest BCUT2D eigenvalue weighted by Gasteiger charge is -2.14. The Bertz CT molecular complexity index is 1820. The summed E-state index contributed by atoms with van der Waals surface area (Å²) in [7, 11) is 0. The summed E-state index contributed by atoms with van der Waals surface area (Å²) in [5.41, 5.74) is 1.23. The number of H-pyrrole nitrogens is 1. The first-order chi connectivity index (χ1) is 16.8. The second-order valence-electron chi connectivity index (χ2n) is 8.09. The molecule has 4 aromatic heterocycles. The van der Waals surface area contributed by atoms with Crippen molar-refractivity contribution >= 4 is 28.0 Å². The first-order valence-electron chi connectivity index (χ1n) is 10.6. The van der Waals surface area contributed by atoms with Crippen LogP contribution in [0.5, 0.6) is 0 Å². The van der Waals surface area contributed by atoms with Gasteiger partial charge in [-0.05, 0) is 42.0 Å². The average molecular weight is 473 g/mol. The van der Waals surface area contributed by atoms with Gasteiger partial charge in [0.25, 0.3) is 5.56 Å². The highest BCUT2D eigenvalue weighted by Gasteiger charge is 2.31. The molecule has 0 unspecified atom stereocenters. The number of fused-ring (bicyclic) bond motifs is 4. The minimum Gasteiger partial charge on any atom is -0.273 e. The Morgan fingerprint density at radius 2 is 1.86 bits per heavy atom. The van der Waals surface area contributed by atoms with Gasteiger partial charge in [0, 0.05) is 24.4 Å². The van der Waals surface area contributed by atoms with E-state index in [9.17, 15) is 22.8 Å². The SMILES string of the molecule is O=c1[nH]c(=O)n(-c2cccc(C(F)(F)F)c2)c2c1cnc1ccc(-c3cnc4c(c3)C=CC4)nc12. The third kappa shape index (κ3) is 3.41. The zero-order chi connectivity index (χ0) is 24.3. The van der Waals surface area contributed by atoms with E-state index >= 15 is 0 Å². The maximum absolute atomic E-state index is 13.4. The molecular formula is C25H14F3N5O2. The molecule has 7 nitrogen and oxygen atoms in total. The molecule has 0 spiro atoms. The molecule has 10 heteroatoms. The van der Waals surface area contributed by atoms with Crippen molar-refractivity contribution in [3.63, 3.8) is 0 Å². The van der Waals surface area contributed by atoms with Crippen LogP contribution in [0.15, 0.2) is 70.5 Å². The van der Waals surface area contributed by atoms with Crippen LogP contribution in [0.4, 0.5) is 13.2 Å². The van der Waals surface area contributed by atoms with Crippen molar-refractivity contribution in [2.24, 2.45) is 0 Å². The molecule has 4 heterocycles. The number of rotatable bonds is 2. The van der Waals surface area contributed by atoms with Gasteiger partial charge in [0.2, 0.25) is 0 Å². The summed E-state index contributed by atoms with van der Waals surface area (Å²) < 4.78 is 41.1. The lowest BCUT2D eigenvalue weighted by atomic mass is 10.1. The molecule has 172 valence electrons. The lowest BCUT2D eigenvalue weighted by Crippen LogP contribution is -2.29. The molecule has 0 atom stereocenters. The predicted molar refractivity (Wildman–Crippen MR) is 124 cm³/mol. The largest absolute Gasteiger partial charge is 0.416 e. The van der Waals surface area contributed by atoms with Crippen molar-refractivity contribution in [1.82, 2.24) is 24.5 Å². The first kappa shape index (κ1) is 21.0. The van der Waals surface area contributed by atoms with Crippen LogP contribution in [0, 0.1) is 0 Å². The van der Waals surface area contributed by atoms with E-state index in [1.165, 1.54) is 18.3 Å². The molecule has 0 bridgehead atoms. The summed E-state index contributed by atoms with van der Waals surface area (Å²) in [5, 5.41) is 0.0224. The van der Waals surface area contributed by atoms with Gasteiger partial charge in [-0.1, -0.05) is 18.2 Å². The number of alkyl halides is 3. The van der Waals surface area contributed by atoms with Gasteiger partial charge in [-0.3, -0.25) is 24.3 Å². The van der Waals surface area contributed by atoms with E-state index in [0.717, 1.165) is 34.4 Å². The number of benzene rings is 1. The summed E-state index contributed by atoms with van der Waals surface area (Å²) >= 11 is 0. The van der Waals surface area contributed by atoms with E-state index in [0.29, 0.717) is 16.8 Å². The van der Waals surface area contributed by atoms with E-state index in [1.54, 1.807) is 18.3 Å². The fraction of sp³-hybridized carbons (Fsp3) is 0.0800. The van der Waals surface area contributed by atoms with E-state index in [2.05, 4.69) is 19.9 Å². The number of allylic oxidation sites excluding steroid dienone is 1. The number of pyridine rings is 3. The Balaban J connectivity index is 1.67. The molecule has 6 rings (SSSR count). The summed E-state index contributed by atoms with van der Waals surface area (Å²) in [6, 6.07) is 9.69. The van der Waals surface area contributed by atoms with Gasteiger partial charge < -0.3 is 0 Å². The van der Waals surface area contributed by atoms with Gasteiger partial charge in [0.1, 0.15) is 5.52 Å². The van der Waals surface area contributed by atoms with Crippen LogP contribution in [0.1, 0.15) is 16.8 Å². The van der Waals surface area contributed by atoms with Crippen LogP contribution < -0.4 is 11.2 Å². The second-order valence-corrected chi connectivity index (χ2v) is 8.09. The predicted octanol–water partition coefficient (Wildman–Crippen LogP) is 4.27. The van der Waals surface area contributed by atoms with Gasteiger partial charge in [-0.2, -0.15) is 13.2 Å². The zero-order valence-corrected chi connectivity index (χ0v) is 17.8. The maximum Gasteiger partial charge on any atom is 0.416 e. The Labute approximate surface area is 194 Å². The van der Waals surface area contributed by atoms with Gasteiger partial charge >= 0.3 is 11.9 Å². The highest BCUT2D eigenvalue weighted by atomic mass is 19.4. The Hall–Kier alpha value is -4.60. The third-order valence-corrected chi connectivity index (χ3v) is 5.92. The molecule has 1 N–H and O–H groups in total. The van der Waals surface area contributed by atoms with Crippen molar-refractivity contribution in [2.75, 3.05) is 0 Å². The highest BCUT2D eigenvalue weighted by molar-refractivity contribution is 6.01. The molecule has 35 heavy (non-hydrogen) atoms. The molecule has 0 fully saturated rings. The smallest absolute Gasteiger partial charge is 0.273 e. The Morgan fingerprint density at radius 1 is 1.00 bits per heavy atom. The molecule has 0 radical (unpaired) electrons. The number of hydrogen-bond acceptors (Lipinski definition) is 5. The van der Waals surface area contributed by atoms with E-state index in [-0.39, 0.29) is 22.1 Å². The van der Waals surface area contributed by atoms with Crippen LogP contribution >= 0.6 is 0 Å². The molecule has 0 amide bonds. The molecule has 0 saturated heterocycles. The number of halogens is 3. The van der Waals surface area contributed by atoms with Crippen LogP contribution in [0.25, 0.3) is 45.0 Å². The summed E-state index contributed by atoms with van der Waals surface area (Å²) in [6.07, 6.45) is 3.08. The number of hydrogen-bond donors (Lipinski definition) is 1. The molecule has 1 aliphatic carbocycles. The fourth-order valence-corrected chi connectivity index (χ4v) is 4.26. The van der Waals surface area contributed by atoms with E-state index in [4.69, 9.17) is 0 Å². The number of aromatic amines is 1. The minimum atomic E-state index is -4.61. The topological polar surface area (TPSA) is 93.5 Å². The van der Waals surface area contributed by atoms with Crippen LogP contribution in [0.2, 0.25) is 0 Å². The number of aromatic nitrogens is 5. The zero-order valence-electron chi connectivity index (χ0n) is 17.8. The van der Waals surface area contributed by atoms with Crippen molar-refractivity contribution in [3.05, 3.63) is 98.6 Å². The van der Waals surface area contributed by atoms with Crippen molar-refractivity contribution in [3.8, 4) is 16.9 Å². The second kappa shape index (κ2) is 7.45. The molecule has 0 saturated carbocycles. The summed E-state index contributed by atoms with van der Waals surface area (Å²) in [4.78, 5) is 41.1. The lowest BCUT2D eigenvalue weighted by molar-refractivity contribution is -0.137. The highest BCUT2D eigenvalue weighted by Crippen LogP contribution is 2.31. The van der Waals surface area contributed by atoms with Gasteiger partial charge in [-0.25, -0.2) is 9.78 Å². The monoisotopic (exact) mass is 473 g/mol. The van der Waals surface area contributed by atoms with Crippen LogP contribution in [-0.4, -0.2) is 24.5 Å². The van der Waals surface area contributed by atoms with E-state index < -0.39 is 23.0 Å². The molecule has 0 aliphatic heterocycles. The summed E-state index contributed by atoms with van der Waals surface area (Å²) in [6.45, 7) is 0. The average Bonchev–Trinajstić information content (AvgIpc) is 3.31. The van der Waals surface area contributed by atoms with Gasteiger partial charge in [-0.15, -0.1) is 0 Å². The minimum absolute atomic E-state index is 0.0224. The fourth-order valence-electron chi connectivity index (χ4n) is 4.26. The molecule has 1 aliphatic rings. The Kier molecular flexibility index (Phi) is 4.47. The van der Waals surface area contributed by atoms with Crippen molar-refractivity contribution in [2.45, 2.75) is 12.6 Å². The Morgan fingerprint density at radius 3 is 2.69 bits per heavy atom. The summed E-state index contributed by atoms with van der Waals surface area (Å²) in [5.74, 6) is 0. The van der Waals surface area contributed by atoms with Crippen molar-refractivity contribution in [1.29, 1.82) is 0 Å². The van der Waals surface area contributed by atoms with Crippen LogP contribution in [-0.2, 0) is 12.6 Å². The third-order valence-electron chi connectivity index (χ3n) is 5.92. The maximum atomic E-state index is 13.4. The van der Waals surface area contributed by atoms with Gasteiger partial charge in [0.15, 0.2) is 0 Å². The molecular weight excluding hydrogens is 459 g/mol. The van der Waals surface area contributed by atoms with Crippen LogP contribution in [0.3, 0.4) is 0 Å². The van der Waals surface area contributed by atoms with Gasteiger partial charge in [0.05, 0.1) is 39.1 Å². The van der Waals surface area contributed by atoms with Crippen molar-refractivity contribution < 1.29 is 13.2 Å². The standard InChI is InChI=1S/C25H14F3N5O2/c26-25(27,28)15-4-2-5-16(10-15)33-22-17(23(34)32-24(33)35)12-30-20-8-7-19(31-21(20)22)14-9-13-3-1-6-18(13)29-11-14/h1-5,7-12H,6H2,(H,32,34,35). The normalized spacial score (nSPS) is 13.0. The number of nitrogens with one attached hydrogen (secondary N) is 1. The quantitative estimate of drug-likeness (QED) is 0.387. The molecule has 1 aromatic carbocycles. The van der Waals surface area contributed by atoms with E-state index in [1.807, 2.05) is 18.2 Å². The first-order valence-corrected chi connectivity index (χ1v) is 10.6.